The summed E-state index contributed by atoms with van der Waals surface area (Å²) < 4.78 is 10.8. The Labute approximate surface area is 112 Å². The zero-order valence-corrected chi connectivity index (χ0v) is 11.0. The van der Waals surface area contributed by atoms with Crippen LogP contribution in [0.5, 0.6) is 11.5 Å². The number of hydrogen-bond donors (Lipinski definition) is 1. The van der Waals surface area contributed by atoms with E-state index in [-0.39, 0.29) is 5.91 Å². The van der Waals surface area contributed by atoms with E-state index in [2.05, 4.69) is 5.32 Å². The fourth-order valence-corrected chi connectivity index (χ4v) is 1.68. The van der Waals surface area contributed by atoms with Crippen LogP contribution in [0.15, 0.2) is 18.2 Å². The van der Waals surface area contributed by atoms with E-state index in [4.69, 9.17) is 14.7 Å². The number of fused-ring (bicyclic) bond motifs is 1. The molecule has 1 aromatic rings. The Hall–Kier alpha value is -2.22. The second-order valence-electron chi connectivity index (χ2n) is 4.61. The molecule has 0 fully saturated rings. The number of nitrogens with one attached hydrogen (secondary N) is 1. The Morgan fingerprint density at radius 1 is 1.42 bits per heavy atom. The van der Waals surface area contributed by atoms with Crippen molar-refractivity contribution >= 4 is 11.6 Å². The van der Waals surface area contributed by atoms with Crippen LogP contribution in [-0.2, 0) is 4.79 Å². The maximum absolute atomic E-state index is 12.1. The summed E-state index contributed by atoms with van der Waals surface area (Å²) in [6.07, 6.45) is 0.458. The summed E-state index contributed by atoms with van der Waals surface area (Å²) in [7, 11) is 0. The van der Waals surface area contributed by atoms with Crippen LogP contribution in [0.1, 0.15) is 20.3 Å². The third kappa shape index (κ3) is 2.63. The lowest BCUT2D eigenvalue weighted by Gasteiger charge is -2.21. The highest BCUT2D eigenvalue weighted by Gasteiger charge is 2.31. The quantitative estimate of drug-likeness (QED) is 0.905. The lowest BCUT2D eigenvalue weighted by Crippen LogP contribution is -2.31. The molecule has 1 aliphatic heterocycles. The molecule has 2 rings (SSSR count). The van der Waals surface area contributed by atoms with E-state index in [9.17, 15) is 4.79 Å². The molecular formula is C14H16N2O3. The molecule has 1 atom stereocenters. The molecule has 1 aliphatic rings. The van der Waals surface area contributed by atoms with E-state index in [1.54, 1.807) is 25.1 Å². The number of amides is 1. The molecule has 0 spiro atoms. The minimum absolute atomic E-state index is 0.311. The van der Waals surface area contributed by atoms with Crippen LogP contribution in [0.4, 0.5) is 5.69 Å². The van der Waals surface area contributed by atoms with Crippen molar-refractivity contribution in [3.63, 3.8) is 0 Å². The highest BCUT2D eigenvalue weighted by atomic mass is 16.6. The standard InChI is InChI=1S/C14H16N2O3/c1-3-14(2,9-15)13(17)16-10-4-5-11-12(8-10)19-7-6-18-11/h4-5,8H,3,6-7H2,1-2H3,(H,16,17). The van der Waals surface area contributed by atoms with Crippen molar-refractivity contribution in [1.82, 2.24) is 0 Å². The highest BCUT2D eigenvalue weighted by molar-refractivity contribution is 5.97. The van der Waals surface area contributed by atoms with E-state index in [1.165, 1.54) is 0 Å². The van der Waals surface area contributed by atoms with E-state index >= 15 is 0 Å². The fourth-order valence-electron chi connectivity index (χ4n) is 1.68. The van der Waals surface area contributed by atoms with Crippen molar-refractivity contribution < 1.29 is 14.3 Å². The molecule has 100 valence electrons. The van der Waals surface area contributed by atoms with Gasteiger partial charge in [0.1, 0.15) is 18.6 Å². The van der Waals surface area contributed by atoms with E-state index < -0.39 is 5.41 Å². The molecule has 0 saturated carbocycles. The molecule has 1 amide bonds. The van der Waals surface area contributed by atoms with Gasteiger partial charge in [-0.1, -0.05) is 6.92 Å². The number of nitrogens with zero attached hydrogens (tertiary/aromatic N) is 1. The van der Waals surface area contributed by atoms with Gasteiger partial charge in [0.05, 0.1) is 6.07 Å². The molecule has 1 N–H and O–H groups in total. The number of anilines is 1. The Bertz CT molecular complexity index is 536. The van der Waals surface area contributed by atoms with Gasteiger partial charge in [-0.3, -0.25) is 4.79 Å². The zero-order valence-electron chi connectivity index (χ0n) is 11.0. The summed E-state index contributed by atoms with van der Waals surface area (Å²) in [6.45, 7) is 4.46. The SMILES string of the molecule is CCC(C)(C#N)C(=O)Nc1ccc2c(c1)OCCO2. The van der Waals surface area contributed by atoms with Crippen LogP contribution < -0.4 is 14.8 Å². The monoisotopic (exact) mass is 260 g/mol. The van der Waals surface area contributed by atoms with Gasteiger partial charge in [-0.25, -0.2) is 0 Å². The van der Waals surface area contributed by atoms with Crippen LogP contribution in [0.3, 0.4) is 0 Å². The van der Waals surface area contributed by atoms with Gasteiger partial charge in [-0.2, -0.15) is 5.26 Å². The Balaban J connectivity index is 2.16. The van der Waals surface area contributed by atoms with Crippen LogP contribution in [-0.4, -0.2) is 19.1 Å². The maximum atomic E-state index is 12.1. The minimum atomic E-state index is -1.02. The van der Waals surface area contributed by atoms with Gasteiger partial charge < -0.3 is 14.8 Å². The summed E-state index contributed by atoms with van der Waals surface area (Å²) in [4.78, 5) is 12.1. The normalized spacial score (nSPS) is 16.1. The number of carbonyl (C=O) groups is 1. The summed E-state index contributed by atoms with van der Waals surface area (Å²) in [6, 6.07) is 7.24. The minimum Gasteiger partial charge on any atom is -0.486 e. The van der Waals surface area contributed by atoms with Crippen molar-refractivity contribution in [2.24, 2.45) is 5.41 Å². The Morgan fingerprint density at radius 2 is 2.11 bits per heavy atom. The lowest BCUT2D eigenvalue weighted by molar-refractivity contribution is -0.122. The predicted molar refractivity (Wildman–Crippen MR) is 70.1 cm³/mol. The lowest BCUT2D eigenvalue weighted by atomic mass is 9.88. The van der Waals surface area contributed by atoms with Gasteiger partial charge >= 0.3 is 0 Å². The number of nitriles is 1. The Morgan fingerprint density at radius 3 is 2.74 bits per heavy atom. The van der Waals surface area contributed by atoms with Crippen LogP contribution >= 0.6 is 0 Å². The first-order valence-electron chi connectivity index (χ1n) is 6.21. The zero-order chi connectivity index (χ0) is 13.9. The number of rotatable bonds is 3. The molecular weight excluding hydrogens is 244 g/mol. The highest BCUT2D eigenvalue weighted by Crippen LogP contribution is 2.33. The average Bonchev–Trinajstić information content (AvgIpc) is 2.46. The van der Waals surface area contributed by atoms with Crippen molar-refractivity contribution in [3.05, 3.63) is 18.2 Å². The summed E-state index contributed by atoms with van der Waals surface area (Å²) >= 11 is 0. The van der Waals surface area contributed by atoms with E-state index in [0.29, 0.717) is 36.8 Å². The van der Waals surface area contributed by atoms with Crippen LogP contribution in [0, 0.1) is 16.7 Å². The van der Waals surface area contributed by atoms with Gasteiger partial charge in [0.15, 0.2) is 11.5 Å². The van der Waals surface area contributed by atoms with Gasteiger partial charge in [0.25, 0.3) is 0 Å². The molecule has 0 aromatic heterocycles. The molecule has 0 bridgehead atoms. The summed E-state index contributed by atoms with van der Waals surface area (Å²) in [5.41, 5.74) is -0.419. The molecule has 1 unspecified atom stereocenters. The van der Waals surface area contributed by atoms with E-state index in [0.717, 1.165) is 0 Å². The fraction of sp³-hybridized carbons (Fsp3) is 0.429. The topological polar surface area (TPSA) is 71.4 Å². The van der Waals surface area contributed by atoms with Gasteiger partial charge in [-0.15, -0.1) is 0 Å². The Kier molecular flexibility index (Phi) is 3.61. The number of ether oxygens (including phenoxy) is 2. The summed E-state index contributed by atoms with van der Waals surface area (Å²) in [5.74, 6) is 0.969. The first kappa shape index (κ1) is 13.2. The smallest absolute Gasteiger partial charge is 0.244 e. The van der Waals surface area contributed by atoms with Crippen molar-refractivity contribution in [2.75, 3.05) is 18.5 Å². The predicted octanol–water partition coefficient (Wildman–Crippen LogP) is 2.34. The first-order chi connectivity index (χ1) is 9.09. The van der Waals surface area contributed by atoms with Gasteiger partial charge in [0.2, 0.25) is 5.91 Å². The van der Waals surface area contributed by atoms with E-state index in [1.807, 2.05) is 13.0 Å². The second-order valence-corrected chi connectivity index (χ2v) is 4.61. The third-order valence-electron chi connectivity index (χ3n) is 3.26. The molecule has 1 aromatic carbocycles. The third-order valence-corrected chi connectivity index (χ3v) is 3.26. The van der Waals surface area contributed by atoms with Crippen LogP contribution in [0.2, 0.25) is 0 Å². The molecule has 0 saturated heterocycles. The molecule has 5 nitrogen and oxygen atoms in total. The van der Waals surface area contributed by atoms with Crippen molar-refractivity contribution in [3.8, 4) is 17.6 Å². The molecule has 1 heterocycles. The molecule has 0 aliphatic carbocycles. The first-order valence-corrected chi connectivity index (χ1v) is 6.21. The molecule has 5 heteroatoms. The summed E-state index contributed by atoms with van der Waals surface area (Å²) in [5, 5.41) is 11.8. The maximum Gasteiger partial charge on any atom is 0.244 e. The van der Waals surface area contributed by atoms with Gasteiger partial charge in [-0.05, 0) is 25.5 Å². The molecule has 19 heavy (non-hydrogen) atoms. The number of carbonyl (C=O) groups excluding carboxylic acids is 1. The molecule has 0 radical (unpaired) electrons. The van der Waals surface area contributed by atoms with Gasteiger partial charge in [0, 0.05) is 11.8 Å². The number of hydrogen-bond acceptors (Lipinski definition) is 4. The average molecular weight is 260 g/mol. The second kappa shape index (κ2) is 5.19. The van der Waals surface area contributed by atoms with Crippen molar-refractivity contribution in [1.29, 1.82) is 5.26 Å². The van der Waals surface area contributed by atoms with Crippen LogP contribution in [0.25, 0.3) is 0 Å². The largest absolute Gasteiger partial charge is 0.486 e. The van der Waals surface area contributed by atoms with Crippen molar-refractivity contribution in [2.45, 2.75) is 20.3 Å². The number of benzene rings is 1.